The molecule has 9 nitrogen and oxygen atoms in total. The molecule has 0 unspecified atom stereocenters. The number of nitrogens with zero attached hydrogens (tertiary/aromatic N) is 1. The van der Waals surface area contributed by atoms with Gasteiger partial charge in [-0.05, 0) is 73.5 Å². The van der Waals surface area contributed by atoms with E-state index in [2.05, 4.69) is 22.8 Å². The van der Waals surface area contributed by atoms with Gasteiger partial charge in [-0.3, -0.25) is 9.59 Å². The monoisotopic (exact) mass is 517 g/mol. The number of nitrogens with one attached hydrogen (secondary N) is 2. The van der Waals surface area contributed by atoms with Crippen LogP contribution in [0.3, 0.4) is 0 Å². The number of hydrogen-bond donors (Lipinski definition) is 2. The molecule has 3 aromatic carbocycles. The number of hydrogen-bond acceptors (Lipinski definition) is 7. The van der Waals surface area contributed by atoms with Gasteiger partial charge in [0.2, 0.25) is 0 Å². The molecule has 0 atom stereocenters. The van der Waals surface area contributed by atoms with Gasteiger partial charge in [0.05, 0.1) is 32.0 Å². The molecule has 38 heavy (non-hydrogen) atoms. The molecule has 2 N–H and O–H groups in total. The van der Waals surface area contributed by atoms with E-state index in [1.807, 2.05) is 13.0 Å². The lowest BCUT2D eigenvalue weighted by atomic mass is 10.1. The zero-order valence-electron chi connectivity index (χ0n) is 21.7. The third-order valence-electron chi connectivity index (χ3n) is 5.34. The van der Waals surface area contributed by atoms with Crippen LogP contribution in [0.15, 0.2) is 71.8 Å². The summed E-state index contributed by atoms with van der Waals surface area (Å²) in [6.07, 6.45) is 3.41. The van der Waals surface area contributed by atoms with Crippen LogP contribution in [0.25, 0.3) is 0 Å². The Labute approximate surface area is 221 Å². The molecule has 0 aliphatic carbocycles. The molecule has 0 aromatic heterocycles. The Balaban J connectivity index is 1.51. The number of rotatable bonds is 12. The maximum absolute atomic E-state index is 12.6. The third-order valence-corrected chi connectivity index (χ3v) is 5.34. The molecule has 0 aliphatic heterocycles. The molecular formula is C29H31N3O6. The fourth-order valence-corrected chi connectivity index (χ4v) is 3.30. The molecule has 0 spiro atoms. The largest absolute Gasteiger partial charge is 0.494 e. The fraction of sp³-hybridized carbons (Fsp3) is 0.241. The van der Waals surface area contributed by atoms with Gasteiger partial charge in [0.1, 0.15) is 5.75 Å². The summed E-state index contributed by atoms with van der Waals surface area (Å²) >= 11 is 0. The van der Waals surface area contributed by atoms with Crippen LogP contribution in [-0.4, -0.2) is 44.3 Å². The second-order valence-corrected chi connectivity index (χ2v) is 8.37. The van der Waals surface area contributed by atoms with Crippen molar-refractivity contribution in [3.05, 3.63) is 89.0 Å². The Hall–Kier alpha value is -4.66. The van der Waals surface area contributed by atoms with Crippen LogP contribution < -0.4 is 25.0 Å². The molecular weight excluding hydrogens is 486 g/mol. The van der Waals surface area contributed by atoms with Crippen LogP contribution in [0.2, 0.25) is 0 Å². The minimum atomic E-state index is -0.537. The second-order valence-electron chi connectivity index (χ2n) is 8.37. The van der Waals surface area contributed by atoms with E-state index in [0.29, 0.717) is 34.8 Å². The molecule has 2 amide bonds. The van der Waals surface area contributed by atoms with Crippen molar-refractivity contribution in [1.82, 2.24) is 10.7 Å². The van der Waals surface area contributed by atoms with Gasteiger partial charge < -0.3 is 19.5 Å². The van der Waals surface area contributed by atoms with E-state index in [0.717, 1.165) is 18.4 Å². The quantitative estimate of drug-likeness (QED) is 0.122. The predicted molar refractivity (Wildman–Crippen MR) is 144 cm³/mol. The number of carbonyl (C=O) groups excluding carboxylic acids is 3. The molecule has 0 saturated carbocycles. The van der Waals surface area contributed by atoms with E-state index in [9.17, 15) is 14.4 Å². The summed E-state index contributed by atoms with van der Waals surface area (Å²) in [6.45, 7) is 4.37. The van der Waals surface area contributed by atoms with Crippen molar-refractivity contribution in [1.29, 1.82) is 0 Å². The summed E-state index contributed by atoms with van der Waals surface area (Å²) in [4.78, 5) is 36.8. The molecule has 0 aliphatic rings. The molecule has 0 radical (unpaired) electrons. The summed E-state index contributed by atoms with van der Waals surface area (Å²) in [7, 11) is 1.45. The van der Waals surface area contributed by atoms with E-state index in [4.69, 9.17) is 14.2 Å². The van der Waals surface area contributed by atoms with Crippen molar-refractivity contribution in [3.63, 3.8) is 0 Å². The SMILES string of the molecule is CCCCOc1ccc(C(=O)Oc2ccc(C=NNC(=O)CNC(=O)c3cccc(C)c3)cc2OC)cc1. The maximum Gasteiger partial charge on any atom is 0.343 e. The Bertz CT molecular complexity index is 1290. The summed E-state index contributed by atoms with van der Waals surface area (Å²) in [5.74, 6) is -0.123. The molecule has 0 heterocycles. The number of methoxy groups -OCH3 is 1. The minimum Gasteiger partial charge on any atom is -0.494 e. The predicted octanol–water partition coefficient (Wildman–Crippen LogP) is 4.28. The van der Waals surface area contributed by atoms with Gasteiger partial charge in [0, 0.05) is 5.56 Å². The van der Waals surface area contributed by atoms with E-state index in [-0.39, 0.29) is 18.2 Å². The lowest BCUT2D eigenvalue weighted by Gasteiger charge is -2.10. The smallest absolute Gasteiger partial charge is 0.343 e. The van der Waals surface area contributed by atoms with E-state index < -0.39 is 11.9 Å². The molecule has 0 saturated heterocycles. The first-order chi connectivity index (χ1) is 18.4. The molecule has 3 aromatic rings. The molecule has 9 heteroatoms. The number of hydrazone groups is 1. The number of ether oxygens (including phenoxy) is 3. The second kappa shape index (κ2) is 14.2. The Morgan fingerprint density at radius 1 is 0.947 bits per heavy atom. The van der Waals surface area contributed by atoms with Crippen LogP contribution in [0, 0.1) is 6.92 Å². The zero-order valence-corrected chi connectivity index (χ0v) is 21.7. The maximum atomic E-state index is 12.6. The van der Waals surface area contributed by atoms with Crippen molar-refractivity contribution in [3.8, 4) is 17.2 Å². The van der Waals surface area contributed by atoms with Gasteiger partial charge >= 0.3 is 5.97 Å². The highest BCUT2D eigenvalue weighted by atomic mass is 16.6. The number of unbranched alkanes of at least 4 members (excludes halogenated alkanes) is 1. The Morgan fingerprint density at radius 2 is 1.74 bits per heavy atom. The first kappa shape index (κ1) is 27.9. The number of amides is 2. The number of aryl methyl sites for hydroxylation is 1. The van der Waals surface area contributed by atoms with Crippen LogP contribution in [-0.2, 0) is 4.79 Å². The first-order valence-corrected chi connectivity index (χ1v) is 12.2. The van der Waals surface area contributed by atoms with Gasteiger partial charge in [-0.1, -0.05) is 31.0 Å². The van der Waals surface area contributed by atoms with Gasteiger partial charge in [-0.25, -0.2) is 10.2 Å². The Morgan fingerprint density at radius 3 is 2.45 bits per heavy atom. The molecule has 0 bridgehead atoms. The Kier molecular flexibility index (Phi) is 10.4. The van der Waals surface area contributed by atoms with E-state index in [1.54, 1.807) is 60.7 Å². The van der Waals surface area contributed by atoms with Gasteiger partial charge in [-0.2, -0.15) is 5.10 Å². The highest BCUT2D eigenvalue weighted by molar-refractivity contribution is 5.96. The molecule has 3 rings (SSSR count). The molecule has 0 fully saturated rings. The normalized spacial score (nSPS) is 10.6. The van der Waals surface area contributed by atoms with Crippen LogP contribution in [0.1, 0.15) is 51.6 Å². The first-order valence-electron chi connectivity index (χ1n) is 12.2. The van der Waals surface area contributed by atoms with E-state index >= 15 is 0 Å². The minimum absolute atomic E-state index is 0.228. The standard InChI is InChI=1S/C29H31N3O6/c1-4-5-15-37-24-12-10-22(11-13-24)29(35)38-25-14-9-21(17-26(25)36-3)18-31-32-27(33)19-30-28(34)23-8-6-7-20(2)16-23/h6-14,16-18H,4-5,15,19H2,1-3H3,(H,30,34)(H,32,33). The third kappa shape index (κ3) is 8.48. The lowest BCUT2D eigenvalue weighted by molar-refractivity contribution is -0.120. The van der Waals surface area contributed by atoms with E-state index in [1.165, 1.54) is 13.3 Å². The molecule has 198 valence electrons. The highest BCUT2D eigenvalue weighted by Gasteiger charge is 2.13. The van der Waals surface area contributed by atoms with Gasteiger partial charge in [0.25, 0.3) is 11.8 Å². The summed E-state index contributed by atoms with van der Waals surface area (Å²) in [5, 5.41) is 6.45. The summed E-state index contributed by atoms with van der Waals surface area (Å²) in [5.41, 5.74) is 4.75. The average molecular weight is 518 g/mol. The fourth-order valence-electron chi connectivity index (χ4n) is 3.30. The van der Waals surface area contributed by atoms with Crippen molar-refractivity contribution in [2.45, 2.75) is 26.7 Å². The zero-order chi connectivity index (χ0) is 27.3. The van der Waals surface area contributed by atoms with Crippen molar-refractivity contribution < 1.29 is 28.6 Å². The van der Waals surface area contributed by atoms with Crippen LogP contribution in [0.4, 0.5) is 0 Å². The average Bonchev–Trinajstić information content (AvgIpc) is 2.93. The topological polar surface area (TPSA) is 115 Å². The summed E-state index contributed by atoms with van der Waals surface area (Å²) < 4.78 is 16.5. The number of benzene rings is 3. The van der Waals surface area contributed by atoms with Crippen LogP contribution in [0.5, 0.6) is 17.2 Å². The lowest BCUT2D eigenvalue weighted by Crippen LogP contribution is -2.34. The highest BCUT2D eigenvalue weighted by Crippen LogP contribution is 2.28. The number of carbonyl (C=O) groups is 3. The number of esters is 1. The van der Waals surface area contributed by atoms with Crippen molar-refractivity contribution >= 4 is 24.0 Å². The van der Waals surface area contributed by atoms with Crippen molar-refractivity contribution in [2.75, 3.05) is 20.3 Å². The van der Waals surface area contributed by atoms with Crippen LogP contribution >= 0.6 is 0 Å². The van der Waals surface area contributed by atoms with Crippen molar-refractivity contribution in [2.24, 2.45) is 5.10 Å². The summed E-state index contributed by atoms with van der Waals surface area (Å²) in [6, 6.07) is 18.7. The van der Waals surface area contributed by atoms with Gasteiger partial charge in [-0.15, -0.1) is 0 Å². The van der Waals surface area contributed by atoms with Gasteiger partial charge in [0.15, 0.2) is 11.5 Å².